The summed E-state index contributed by atoms with van der Waals surface area (Å²) in [5, 5.41) is 8.30. The lowest BCUT2D eigenvalue weighted by Gasteiger charge is -2.10. The van der Waals surface area contributed by atoms with Crippen molar-refractivity contribution in [2.75, 3.05) is 10.6 Å². The number of fused-ring (bicyclic) bond motifs is 1. The van der Waals surface area contributed by atoms with Gasteiger partial charge < -0.3 is 16.0 Å². The minimum Gasteiger partial charge on any atom is -0.334 e. The van der Waals surface area contributed by atoms with Crippen LogP contribution in [0.4, 0.5) is 16.2 Å². The van der Waals surface area contributed by atoms with Crippen LogP contribution in [0.3, 0.4) is 0 Å². The number of carbonyl (C=O) groups is 2. The van der Waals surface area contributed by atoms with Crippen molar-refractivity contribution in [3.8, 4) is 0 Å². The molecule has 0 saturated heterocycles. The van der Waals surface area contributed by atoms with E-state index in [1.54, 1.807) is 41.2 Å². The van der Waals surface area contributed by atoms with Gasteiger partial charge in [-0.3, -0.25) is 18.9 Å². The number of pyridine rings is 1. The first kappa shape index (κ1) is 21.8. The Morgan fingerprint density at radius 2 is 1.55 bits per heavy atom. The summed E-state index contributed by atoms with van der Waals surface area (Å²) in [6.07, 6.45) is 3.32. The third-order valence-electron chi connectivity index (χ3n) is 5.15. The maximum absolute atomic E-state index is 12.7. The molecule has 0 aliphatic rings. The first-order chi connectivity index (χ1) is 16.0. The number of aromatic nitrogens is 3. The summed E-state index contributed by atoms with van der Waals surface area (Å²) in [5.74, 6) is -0.338. The molecule has 2 aromatic heterocycles. The first-order valence-corrected chi connectivity index (χ1v) is 10.6. The maximum atomic E-state index is 12.7. The number of amides is 3. The van der Waals surface area contributed by atoms with Crippen molar-refractivity contribution in [1.82, 2.24) is 19.4 Å². The van der Waals surface area contributed by atoms with Gasteiger partial charge in [0.05, 0.1) is 11.0 Å². The van der Waals surface area contributed by atoms with Crippen molar-refractivity contribution in [1.29, 1.82) is 0 Å². The van der Waals surface area contributed by atoms with Gasteiger partial charge in [-0.25, -0.2) is 9.59 Å². The Balaban J connectivity index is 1.40. The summed E-state index contributed by atoms with van der Waals surface area (Å²) in [7, 11) is 0. The minimum absolute atomic E-state index is 0.115. The van der Waals surface area contributed by atoms with Crippen molar-refractivity contribution in [3.05, 3.63) is 89.1 Å². The molecule has 168 valence electrons. The molecule has 0 spiro atoms. The van der Waals surface area contributed by atoms with E-state index in [0.717, 1.165) is 11.1 Å². The Labute approximate surface area is 190 Å². The van der Waals surface area contributed by atoms with Crippen molar-refractivity contribution < 1.29 is 9.59 Å². The number of carbonyl (C=O) groups excluding carboxylic acids is 2. The second-order valence-corrected chi connectivity index (χ2v) is 7.39. The quantitative estimate of drug-likeness (QED) is 0.407. The van der Waals surface area contributed by atoms with Crippen LogP contribution >= 0.6 is 0 Å². The molecule has 2 heterocycles. The zero-order valence-corrected chi connectivity index (χ0v) is 18.1. The number of benzene rings is 2. The lowest BCUT2D eigenvalue weighted by Crippen LogP contribution is -2.29. The first-order valence-electron chi connectivity index (χ1n) is 10.6. The molecule has 0 bridgehead atoms. The molecule has 0 fully saturated rings. The molecule has 33 heavy (non-hydrogen) atoms. The average Bonchev–Trinajstić information content (AvgIpc) is 3.09. The lowest BCUT2D eigenvalue weighted by atomic mass is 10.2. The highest BCUT2D eigenvalue weighted by molar-refractivity contribution is 5.94. The molecule has 0 saturated carbocycles. The summed E-state index contributed by atoms with van der Waals surface area (Å²) < 4.78 is 3.10. The summed E-state index contributed by atoms with van der Waals surface area (Å²) >= 11 is 0. The number of nitrogens with one attached hydrogen (secondary N) is 3. The molecule has 0 unspecified atom stereocenters. The van der Waals surface area contributed by atoms with E-state index >= 15 is 0 Å². The van der Waals surface area contributed by atoms with Crippen LogP contribution in [-0.4, -0.2) is 26.1 Å². The van der Waals surface area contributed by atoms with Crippen molar-refractivity contribution >= 4 is 34.3 Å². The standard InChI is InChI=1S/C24H24N6O3/c1-2-29-20-8-3-4-9-21(20)30(24(29)33)16-22(31)27-18-6-5-7-19(14-18)28-23(32)26-15-17-10-12-25-13-11-17/h3-14H,2,15-16H2,1H3,(H,27,31)(H2,26,28,32). The van der Waals surface area contributed by atoms with Crippen LogP contribution < -0.4 is 21.6 Å². The maximum Gasteiger partial charge on any atom is 0.329 e. The van der Waals surface area contributed by atoms with E-state index < -0.39 is 0 Å². The molecular formula is C24H24N6O3. The predicted molar refractivity (Wildman–Crippen MR) is 127 cm³/mol. The smallest absolute Gasteiger partial charge is 0.329 e. The molecular weight excluding hydrogens is 420 g/mol. The number of para-hydroxylation sites is 2. The van der Waals surface area contributed by atoms with E-state index in [-0.39, 0.29) is 24.2 Å². The number of urea groups is 1. The molecule has 9 heteroatoms. The largest absolute Gasteiger partial charge is 0.334 e. The molecule has 0 radical (unpaired) electrons. The van der Waals surface area contributed by atoms with Gasteiger partial charge in [0, 0.05) is 36.9 Å². The highest BCUT2D eigenvalue weighted by atomic mass is 16.2. The highest BCUT2D eigenvalue weighted by Crippen LogP contribution is 2.16. The Morgan fingerprint density at radius 3 is 2.24 bits per heavy atom. The van der Waals surface area contributed by atoms with E-state index in [2.05, 4.69) is 20.9 Å². The van der Waals surface area contributed by atoms with E-state index in [1.807, 2.05) is 43.3 Å². The average molecular weight is 444 g/mol. The second-order valence-electron chi connectivity index (χ2n) is 7.39. The van der Waals surface area contributed by atoms with Crippen LogP contribution in [0.15, 0.2) is 77.9 Å². The van der Waals surface area contributed by atoms with Crippen molar-refractivity contribution in [3.63, 3.8) is 0 Å². The summed E-state index contributed by atoms with van der Waals surface area (Å²) in [6.45, 7) is 2.66. The van der Waals surface area contributed by atoms with Crippen molar-refractivity contribution in [2.45, 2.75) is 26.6 Å². The van der Waals surface area contributed by atoms with E-state index in [0.29, 0.717) is 30.0 Å². The number of aryl methyl sites for hydroxylation is 1. The summed E-state index contributed by atoms with van der Waals surface area (Å²) in [6, 6.07) is 17.5. The SMILES string of the molecule is CCn1c(=O)n(CC(=O)Nc2cccc(NC(=O)NCc3ccncc3)c2)c2ccccc21. The Morgan fingerprint density at radius 1 is 0.879 bits per heavy atom. The molecule has 9 nitrogen and oxygen atoms in total. The number of rotatable bonds is 7. The second kappa shape index (κ2) is 9.82. The van der Waals surface area contributed by atoms with Crippen LogP contribution in [0.25, 0.3) is 11.0 Å². The molecule has 0 aliphatic heterocycles. The lowest BCUT2D eigenvalue weighted by molar-refractivity contribution is -0.116. The van der Waals surface area contributed by atoms with Crippen LogP contribution in [0.2, 0.25) is 0 Å². The van der Waals surface area contributed by atoms with Crippen molar-refractivity contribution in [2.24, 2.45) is 0 Å². The molecule has 0 aliphatic carbocycles. The normalized spacial score (nSPS) is 10.7. The van der Waals surface area contributed by atoms with Gasteiger partial charge in [0.2, 0.25) is 5.91 Å². The predicted octanol–water partition coefficient (Wildman–Crippen LogP) is 3.18. The van der Waals surface area contributed by atoms with Gasteiger partial charge in [0.25, 0.3) is 0 Å². The van der Waals surface area contributed by atoms with E-state index in [9.17, 15) is 14.4 Å². The van der Waals surface area contributed by atoms with Crippen LogP contribution in [0, 0.1) is 0 Å². The van der Waals surface area contributed by atoms with Gasteiger partial charge in [-0.05, 0) is 55.0 Å². The number of imidazole rings is 1. The number of anilines is 2. The molecule has 2 aromatic carbocycles. The molecule has 4 aromatic rings. The number of hydrogen-bond donors (Lipinski definition) is 3. The highest BCUT2D eigenvalue weighted by Gasteiger charge is 2.14. The molecule has 3 amide bonds. The molecule has 3 N–H and O–H groups in total. The minimum atomic E-state index is -0.366. The molecule has 4 rings (SSSR count). The van der Waals surface area contributed by atoms with Gasteiger partial charge in [-0.1, -0.05) is 18.2 Å². The Bertz CT molecular complexity index is 1340. The Kier molecular flexibility index (Phi) is 6.49. The number of hydrogen-bond acceptors (Lipinski definition) is 4. The van der Waals surface area contributed by atoms with E-state index in [4.69, 9.17) is 0 Å². The fraction of sp³-hybridized carbons (Fsp3) is 0.167. The van der Waals surface area contributed by atoms with E-state index in [1.165, 1.54) is 4.57 Å². The fourth-order valence-electron chi connectivity index (χ4n) is 3.61. The summed E-state index contributed by atoms with van der Waals surface area (Å²) in [5.41, 5.74) is 3.25. The zero-order valence-electron chi connectivity index (χ0n) is 18.1. The number of nitrogens with zero attached hydrogens (tertiary/aromatic N) is 3. The summed E-state index contributed by atoms with van der Waals surface area (Å²) in [4.78, 5) is 41.5. The van der Waals surface area contributed by atoms with Crippen LogP contribution in [0.1, 0.15) is 12.5 Å². The Hall–Kier alpha value is -4.40. The topological polar surface area (TPSA) is 110 Å². The van der Waals surface area contributed by atoms with Gasteiger partial charge in [-0.15, -0.1) is 0 Å². The van der Waals surface area contributed by atoms with Gasteiger partial charge >= 0.3 is 11.7 Å². The fourth-order valence-corrected chi connectivity index (χ4v) is 3.61. The third kappa shape index (κ3) is 5.09. The van der Waals surface area contributed by atoms with Gasteiger partial charge in [0.1, 0.15) is 6.54 Å². The van der Waals surface area contributed by atoms with Crippen LogP contribution in [0.5, 0.6) is 0 Å². The third-order valence-corrected chi connectivity index (χ3v) is 5.15. The van der Waals surface area contributed by atoms with Crippen LogP contribution in [-0.2, 0) is 24.4 Å². The molecule has 0 atom stereocenters. The zero-order chi connectivity index (χ0) is 23.2. The van der Waals surface area contributed by atoms with Gasteiger partial charge in [0.15, 0.2) is 0 Å². The monoisotopic (exact) mass is 444 g/mol. The van der Waals surface area contributed by atoms with Gasteiger partial charge in [-0.2, -0.15) is 0 Å².